The van der Waals surface area contributed by atoms with Crippen LogP contribution in [0.2, 0.25) is 0 Å². The second-order valence-corrected chi connectivity index (χ2v) is 9.01. The predicted octanol–water partition coefficient (Wildman–Crippen LogP) is 5.37. The van der Waals surface area contributed by atoms with Gasteiger partial charge in [0.1, 0.15) is 10.8 Å². The maximum Gasteiger partial charge on any atom is 0.199 e. The van der Waals surface area contributed by atoms with Crippen molar-refractivity contribution < 1.29 is 4.74 Å². The molecule has 2 heterocycles. The number of rotatable bonds is 7. The molecule has 6 nitrogen and oxygen atoms in total. The van der Waals surface area contributed by atoms with Crippen molar-refractivity contribution in [3.05, 3.63) is 58.3 Å². The average molecular weight is 440 g/mol. The largest absolute Gasteiger partial charge is 0.497 e. The molecule has 0 saturated heterocycles. The van der Waals surface area contributed by atoms with Crippen molar-refractivity contribution in [2.45, 2.75) is 33.1 Å². The molecule has 4 rings (SSSR count). The topological polar surface area (TPSA) is 48.1 Å². The lowest BCUT2D eigenvalue weighted by atomic mass is 10.2. The number of ether oxygens (including phenoxy) is 1. The number of aromatic nitrogens is 4. The summed E-state index contributed by atoms with van der Waals surface area (Å²) < 4.78 is 11.2. The molecule has 0 saturated carbocycles. The summed E-state index contributed by atoms with van der Waals surface area (Å²) in [4.78, 5) is 6.92. The predicted molar refractivity (Wildman–Crippen MR) is 125 cm³/mol. The monoisotopic (exact) mass is 439 g/mol. The summed E-state index contributed by atoms with van der Waals surface area (Å²) in [5, 5.41) is 5.94. The van der Waals surface area contributed by atoms with E-state index in [0.29, 0.717) is 11.4 Å². The van der Waals surface area contributed by atoms with E-state index in [4.69, 9.17) is 27.0 Å². The van der Waals surface area contributed by atoms with Crippen LogP contribution >= 0.6 is 23.6 Å². The zero-order valence-corrected chi connectivity index (χ0v) is 19.2. The van der Waals surface area contributed by atoms with Crippen molar-refractivity contribution in [2.75, 3.05) is 14.2 Å². The van der Waals surface area contributed by atoms with Crippen molar-refractivity contribution in [3.63, 3.8) is 0 Å². The van der Waals surface area contributed by atoms with Crippen molar-refractivity contribution in [3.8, 4) is 17.1 Å². The van der Waals surface area contributed by atoms with Gasteiger partial charge < -0.3 is 4.74 Å². The molecule has 0 aliphatic rings. The minimum absolute atomic E-state index is 0.206. The lowest BCUT2D eigenvalue weighted by molar-refractivity contribution is 0.243. The van der Waals surface area contributed by atoms with Crippen LogP contribution in [0.4, 0.5) is 0 Å². The van der Waals surface area contributed by atoms with E-state index in [-0.39, 0.29) is 6.04 Å². The highest BCUT2D eigenvalue weighted by Crippen LogP contribution is 2.25. The molecule has 0 fully saturated rings. The van der Waals surface area contributed by atoms with Gasteiger partial charge >= 0.3 is 0 Å². The van der Waals surface area contributed by atoms with Crippen molar-refractivity contribution >= 4 is 33.8 Å². The van der Waals surface area contributed by atoms with Gasteiger partial charge in [0, 0.05) is 11.6 Å². The molecule has 2 aromatic carbocycles. The van der Waals surface area contributed by atoms with Gasteiger partial charge in [-0.15, -0.1) is 11.3 Å². The van der Waals surface area contributed by atoms with Gasteiger partial charge in [0.2, 0.25) is 0 Å². The van der Waals surface area contributed by atoms with Crippen LogP contribution < -0.4 is 4.74 Å². The summed E-state index contributed by atoms with van der Waals surface area (Å²) in [6, 6.07) is 16.4. The van der Waals surface area contributed by atoms with Gasteiger partial charge in [0.25, 0.3) is 0 Å². The summed E-state index contributed by atoms with van der Waals surface area (Å²) in [5.74, 6) is 1.69. The van der Waals surface area contributed by atoms with Crippen LogP contribution in [0.3, 0.4) is 0 Å². The van der Waals surface area contributed by atoms with Crippen LogP contribution in [0.25, 0.3) is 21.6 Å². The Morgan fingerprint density at radius 3 is 2.53 bits per heavy atom. The fraction of sp³-hybridized carbons (Fsp3) is 0.318. The first kappa shape index (κ1) is 20.7. The maximum atomic E-state index is 5.77. The van der Waals surface area contributed by atoms with Gasteiger partial charge in [-0.25, -0.2) is 9.67 Å². The Labute approximate surface area is 185 Å². The molecule has 0 aliphatic carbocycles. The zero-order valence-electron chi connectivity index (χ0n) is 17.6. The smallest absolute Gasteiger partial charge is 0.199 e. The Morgan fingerprint density at radius 1 is 1.13 bits per heavy atom. The SMILES string of the molecule is COc1ccc(-c2nn(CN(C)Cc3nc4ccccc4s3)c(=S)n2C(C)C)cc1. The first-order chi connectivity index (χ1) is 14.5. The third-order valence-electron chi connectivity index (χ3n) is 4.85. The van der Waals surface area contributed by atoms with E-state index in [9.17, 15) is 0 Å². The lowest BCUT2D eigenvalue weighted by Gasteiger charge is -2.14. The van der Waals surface area contributed by atoms with Crippen LogP contribution in [0, 0.1) is 4.77 Å². The average Bonchev–Trinajstić information content (AvgIpc) is 3.28. The normalized spacial score (nSPS) is 11.7. The second-order valence-electron chi connectivity index (χ2n) is 7.53. The third kappa shape index (κ3) is 4.16. The fourth-order valence-electron chi connectivity index (χ4n) is 3.41. The molecular formula is C22H25N5OS2. The molecule has 0 unspecified atom stereocenters. The Bertz CT molecular complexity index is 1170. The van der Waals surface area contributed by atoms with Crippen LogP contribution in [0.15, 0.2) is 48.5 Å². The van der Waals surface area contributed by atoms with Gasteiger partial charge in [-0.05, 0) is 69.5 Å². The standard InChI is InChI=1S/C22H25N5OS2/c1-15(2)27-21(16-9-11-17(28-4)12-10-16)24-26(22(27)29)14-25(3)13-20-23-18-7-5-6-8-19(18)30-20/h5-12,15H,13-14H2,1-4H3. The van der Waals surface area contributed by atoms with Crippen molar-refractivity contribution in [2.24, 2.45) is 0 Å². The molecule has 0 amide bonds. The molecular weight excluding hydrogens is 414 g/mol. The number of nitrogens with zero attached hydrogens (tertiary/aromatic N) is 5. The summed E-state index contributed by atoms with van der Waals surface area (Å²) in [6.07, 6.45) is 0. The third-order valence-corrected chi connectivity index (χ3v) is 6.28. The van der Waals surface area contributed by atoms with Crippen LogP contribution in [-0.2, 0) is 13.2 Å². The van der Waals surface area contributed by atoms with E-state index in [1.165, 1.54) is 4.70 Å². The van der Waals surface area contributed by atoms with Gasteiger partial charge in [0.05, 0.1) is 30.5 Å². The lowest BCUT2D eigenvalue weighted by Crippen LogP contribution is -2.22. The number of thiazole rings is 1. The molecule has 0 radical (unpaired) electrons. The molecule has 156 valence electrons. The van der Waals surface area contributed by atoms with Gasteiger partial charge in [-0.2, -0.15) is 5.10 Å². The van der Waals surface area contributed by atoms with E-state index < -0.39 is 0 Å². The van der Waals surface area contributed by atoms with Crippen LogP contribution in [0.1, 0.15) is 24.9 Å². The second kappa shape index (κ2) is 8.67. The summed E-state index contributed by atoms with van der Waals surface area (Å²) in [7, 11) is 3.73. The van der Waals surface area contributed by atoms with Crippen molar-refractivity contribution in [1.29, 1.82) is 0 Å². The number of hydrogen-bond donors (Lipinski definition) is 0. The fourth-order valence-corrected chi connectivity index (χ4v) is 4.86. The first-order valence-corrected chi connectivity index (χ1v) is 11.1. The van der Waals surface area contributed by atoms with E-state index in [0.717, 1.165) is 34.2 Å². The highest BCUT2D eigenvalue weighted by atomic mass is 32.1. The van der Waals surface area contributed by atoms with E-state index in [2.05, 4.69) is 42.5 Å². The Kier molecular flexibility index (Phi) is 5.99. The minimum Gasteiger partial charge on any atom is -0.497 e. The molecule has 8 heteroatoms. The molecule has 30 heavy (non-hydrogen) atoms. The molecule has 0 spiro atoms. The molecule has 0 bridgehead atoms. The Balaban J connectivity index is 1.59. The van der Waals surface area contributed by atoms with Gasteiger partial charge in [0.15, 0.2) is 10.6 Å². The quantitative estimate of drug-likeness (QED) is 0.362. The first-order valence-electron chi connectivity index (χ1n) is 9.83. The Hall–Kier alpha value is -2.55. The van der Waals surface area contributed by atoms with Crippen LogP contribution in [0.5, 0.6) is 5.75 Å². The molecule has 0 aliphatic heterocycles. The summed E-state index contributed by atoms with van der Waals surface area (Å²) >= 11 is 7.50. The minimum atomic E-state index is 0.206. The van der Waals surface area contributed by atoms with E-state index >= 15 is 0 Å². The van der Waals surface area contributed by atoms with Crippen LogP contribution in [-0.4, -0.2) is 38.4 Å². The molecule has 2 aromatic heterocycles. The van der Waals surface area contributed by atoms with Crippen molar-refractivity contribution in [1.82, 2.24) is 24.2 Å². The number of fused-ring (bicyclic) bond motifs is 1. The van der Waals surface area contributed by atoms with E-state index in [1.54, 1.807) is 18.4 Å². The van der Waals surface area contributed by atoms with Gasteiger partial charge in [-0.1, -0.05) is 12.1 Å². The molecule has 0 atom stereocenters. The summed E-state index contributed by atoms with van der Waals surface area (Å²) in [6.45, 7) is 5.59. The highest BCUT2D eigenvalue weighted by molar-refractivity contribution is 7.71. The number of benzene rings is 2. The molecule has 0 N–H and O–H groups in total. The maximum absolute atomic E-state index is 5.77. The zero-order chi connectivity index (χ0) is 21.3. The highest BCUT2D eigenvalue weighted by Gasteiger charge is 2.17. The number of methoxy groups -OCH3 is 1. The number of hydrogen-bond acceptors (Lipinski definition) is 6. The van der Waals surface area contributed by atoms with Gasteiger partial charge in [-0.3, -0.25) is 9.47 Å². The molecule has 4 aromatic rings. The Morgan fingerprint density at radius 2 is 1.87 bits per heavy atom. The summed E-state index contributed by atoms with van der Waals surface area (Å²) in [5.41, 5.74) is 2.07. The van der Waals surface area contributed by atoms with E-state index in [1.807, 2.05) is 41.1 Å². The number of para-hydroxylation sites is 1.